The van der Waals surface area contributed by atoms with Crippen molar-refractivity contribution in [3.8, 4) is 0 Å². The van der Waals surface area contributed by atoms with Crippen molar-refractivity contribution in [1.82, 2.24) is 0 Å². The van der Waals surface area contributed by atoms with Gasteiger partial charge < -0.3 is 0 Å². The molecule has 100 valence electrons. The Balaban J connectivity index is 1.51. The lowest BCUT2D eigenvalue weighted by atomic mass is 9.93. The molecule has 4 rings (SSSR count). The third kappa shape index (κ3) is 2.12. The molecule has 0 heterocycles. The highest BCUT2D eigenvalue weighted by molar-refractivity contribution is 6.44. The number of hydrogen-bond donors (Lipinski definition) is 0. The topological polar surface area (TPSA) is 0 Å². The molecule has 19 heavy (non-hydrogen) atoms. The molecular formula is C18H24Si. The van der Waals surface area contributed by atoms with Crippen LogP contribution < -0.4 is 0 Å². The standard InChI is InChI=1S/C18H24Si/c1-3-7-15-13(5-1)9-11-17(15)19-18-12-10-14-6-2-4-8-16(14)18/h9-12,17-18H,1-8,19H2. The Morgan fingerprint density at radius 3 is 1.68 bits per heavy atom. The summed E-state index contributed by atoms with van der Waals surface area (Å²) in [5.41, 5.74) is 8.97. The number of rotatable bonds is 2. The minimum Gasteiger partial charge on any atom is -0.0804 e. The van der Waals surface area contributed by atoms with Crippen molar-refractivity contribution < 1.29 is 0 Å². The van der Waals surface area contributed by atoms with Crippen molar-refractivity contribution in [1.29, 1.82) is 0 Å². The third-order valence-corrected chi connectivity index (χ3v) is 8.12. The van der Waals surface area contributed by atoms with Crippen LogP contribution in [0.1, 0.15) is 51.4 Å². The van der Waals surface area contributed by atoms with Gasteiger partial charge in [0.15, 0.2) is 0 Å². The van der Waals surface area contributed by atoms with Crippen LogP contribution in [0.15, 0.2) is 46.6 Å². The summed E-state index contributed by atoms with van der Waals surface area (Å²) in [5.74, 6) is 0. The summed E-state index contributed by atoms with van der Waals surface area (Å²) >= 11 is 0. The summed E-state index contributed by atoms with van der Waals surface area (Å²) < 4.78 is 0. The van der Waals surface area contributed by atoms with E-state index in [0.717, 1.165) is 11.1 Å². The molecule has 0 saturated carbocycles. The first kappa shape index (κ1) is 12.0. The Morgan fingerprint density at radius 2 is 1.16 bits per heavy atom. The molecule has 0 aromatic rings. The van der Waals surface area contributed by atoms with Gasteiger partial charge in [-0.25, -0.2) is 0 Å². The Labute approximate surface area is 119 Å². The van der Waals surface area contributed by atoms with Crippen LogP contribution in [-0.4, -0.2) is 9.52 Å². The van der Waals surface area contributed by atoms with Gasteiger partial charge in [0.2, 0.25) is 0 Å². The van der Waals surface area contributed by atoms with Gasteiger partial charge in [0.1, 0.15) is 0 Å². The molecule has 1 heteroatoms. The van der Waals surface area contributed by atoms with Gasteiger partial charge in [-0.3, -0.25) is 0 Å². The number of hydrogen-bond acceptors (Lipinski definition) is 0. The minimum absolute atomic E-state index is 0.0565. The Hall–Kier alpha value is -0.823. The molecule has 0 aromatic heterocycles. The van der Waals surface area contributed by atoms with Crippen LogP contribution in [0.2, 0.25) is 11.1 Å². The number of allylic oxidation sites excluding steroid dienone is 8. The second kappa shape index (κ2) is 4.94. The first-order valence-corrected chi connectivity index (χ1v) is 9.85. The molecule has 0 aliphatic heterocycles. The largest absolute Gasteiger partial charge is 0.0804 e. The van der Waals surface area contributed by atoms with Gasteiger partial charge in [-0.15, -0.1) is 0 Å². The van der Waals surface area contributed by atoms with E-state index in [1.807, 2.05) is 11.1 Å². The van der Waals surface area contributed by atoms with Crippen molar-refractivity contribution in [2.45, 2.75) is 62.4 Å². The highest BCUT2D eigenvalue weighted by Crippen LogP contribution is 2.45. The van der Waals surface area contributed by atoms with Crippen LogP contribution in [0.3, 0.4) is 0 Å². The van der Waals surface area contributed by atoms with Gasteiger partial charge in [-0.05, 0) is 73.6 Å². The van der Waals surface area contributed by atoms with Gasteiger partial charge in [0.05, 0.1) is 0 Å². The quantitative estimate of drug-likeness (QED) is 0.641. The van der Waals surface area contributed by atoms with E-state index < -0.39 is 0 Å². The van der Waals surface area contributed by atoms with Crippen molar-refractivity contribution in [2.75, 3.05) is 0 Å². The fourth-order valence-corrected chi connectivity index (χ4v) is 7.18. The molecule has 4 aliphatic rings. The van der Waals surface area contributed by atoms with Crippen LogP contribution in [0.4, 0.5) is 0 Å². The predicted molar refractivity (Wildman–Crippen MR) is 85.3 cm³/mol. The smallest absolute Gasteiger partial charge is 0.0459 e. The van der Waals surface area contributed by atoms with Crippen LogP contribution >= 0.6 is 0 Å². The van der Waals surface area contributed by atoms with E-state index >= 15 is 0 Å². The first-order valence-electron chi connectivity index (χ1n) is 8.22. The highest BCUT2D eigenvalue weighted by Gasteiger charge is 2.29. The third-order valence-electron chi connectivity index (χ3n) is 5.57. The molecule has 0 amide bonds. The summed E-state index contributed by atoms with van der Waals surface area (Å²) in [6, 6.07) is 0. The van der Waals surface area contributed by atoms with E-state index in [-0.39, 0.29) is 9.52 Å². The lowest BCUT2D eigenvalue weighted by Gasteiger charge is -2.24. The van der Waals surface area contributed by atoms with Crippen LogP contribution in [-0.2, 0) is 0 Å². The van der Waals surface area contributed by atoms with E-state index in [4.69, 9.17) is 0 Å². The maximum absolute atomic E-state index is 2.57. The van der Waals surface area contributed by atoms with E-state index in [1.54, 1.807) is 11.1 Å². The van der Waals surface area contributed by atoms with E-state index in [9.17, 15) is 0 Å². The SMILES string of the molecule is C1=CC([SiH2]C2C=CC3=C2CCCC3)C2=C1CCCC2. The predicted octanol–water partition coefficient (Wildman–Crippen LogP) is 4.61. The maximum Gasteiger partial charge on any atom is 0.0459 e. The zero-order chi connectivity index (χ0) is 12.7. The average Bonchev–Trinajstić information content (AvgIpc) is 3.05. The first-order chi connectivity index (χ1) is 9.42. The summed E-state index contributed by atoms with van der Waals surface area (Å²) in [6.45, 7) is 0. The Morgan fingerprint density at radius 1 is 0.684 bits per heavy atom. The molecule has 0 nitrogen and oxygen atoms in total. The molecule has 0 N–H and O–H groups in total. The molecule has 0 spiro atoms. The van der Waals surface area contributed by atoms with E-state index in [0.29, 0.717) is 0 Å². The van der Waals surface area contributed by atoms with Gasteiger partial charge in [0.25, 0.3) is 0 Å². The molecule has 0 bridgehead atoms. The molecule has 2 atom stereocenters. The normalized spacial score (nSPS) is 33.7. The van der Waals surface area contributed by atoms with Gasteiger partial charge >= 0.3 is 0 Å². The van der Waals surface area contributed by atoms with Gasteiger partial charge in [0, 0.05) is 9.52 Å². The van der Waals surface area contributed by atoms with Crippen LogP contribution in [0, 0.1) is 0 Å². The van der Waals surface area contributed by atoms with Crippen LogP contribution in [0.5, 0.6) is 0 Å². The van der Waals surface area contributed by atoms with Gasteiger partial charge in [-0.2, -0.15) is 0 Å². The highest BCUT2D eigenvalue weighted by atomic mass is 28.2. The fourth-order valence-electron chi connectivity index (χ4n) is 4.54. The summed E-state index contributed by atoms with van der Waals surface area (Å²) in [5, 5.41) is 0. The Kier molecular flexibility index (Phi) is 3.11. The maximum atomic E-state index is 2.57. The molecule has 0 fully saturated rings. The zero-order valence-corrected chi connectivity index (χ0v) is 13.2. The monoisotopic (exact) mass is 268 g/mol. The molecule has 0 saturated heterocycles. The zero-order valence-electron chi connectivity index (χ0n) is 11.8. The Bertz CT molecular complexity index is 458. The summed E-state index contributed by atoms with van der Waals surface area (Å²) in [7, 11) is -0.0565. The molecule has 4 aliphatic carbocycles. The second-order valence-corrected chi connectivity index (χ2v) is 8.91. The lowest BCUT2D eigenvalue weighted by Crippen LogP contribution is -2.13. The molecule has 2 unspecified atom stereocenters. The average molecular weight is 268 g/mol. The summed E-state index contributed by atoms with van der Waals surface area (Å²) in [6.07, 6.45) is 21.4. The van der Waals surface area contributed by atoms with Crippen molar-refractivity contribution >= 4 is 9.52 Å². The fraction of sp³-hybridized carbons (Fsp3) is 0.556. The van der Waals surface area contributed by atoms with E-state index in [2.05, 4.69) is 24.3 Å². The molecular weight excluding hydrogens is 244 g/mol. The minimum atomic E-state index is -0.0565. The van der Waals surface area contributed by atoms with E-state index in [1.165, 1.54) is 51.4 Å². The van der Waals surface area contributed by atoms with Crippen molar-refractivity contribution in [3.63, 3.8) is 0 Å². The van der Waals surface area contributed by atoms with Crippen molar-refractivity contribution in [3.05, 3.63) is 46.6 Å². The van der Waals surface area contributed by atoms with Gasteiger partial charge in [-0.1, -0.05) is 35.5 Å². The molecule has 0 aromatic carbocycles. The van der Waals surface area contributed by atoms with Crippen molar-refractivity contribution in [2.24, 2.45) is 0 Å². The molecule has 0 radical (unpaired) electrons. The van der Waals surface area contributed by atoms with Crippen LogP contribution in [0.25, 0.3) is 0 Å². The second-order valence-electron chi connectivity index (χ2n) is 6.68. The summed E-state index contributed by atoms with van der Waals surface area (Å²) in [4.78, 5) is 0. The lowest BCUT2D eigenvalue weighted by molar-refractivity contribution is 0.674.